The van der Waals surface area contributed by atoms with Crippen molar-refractivity contribution in [2.45, 2.75) is 19.8 Å². The first kappa shape index (κ1) is 12.4. The van der Waals surface area contributed by atoms with E-state index in [1.165, 1.54) is 7.11 Å². The molecule has 2 N–H and O–H groups in total. The highest BCUT2D eigenvalue weighted by Crippen LogP contribution is 2.26. The molecule has 1 aromatic rings. The average Bonchev–Trinajstić information content (AvgIpc) is 2.27. The van der Waals surface area contributed by atoms with Crippen molar-refractivity contribution in [3.63, 3.8) is 0 Å². The molecule has 1 rings (SSSR count). The number of benzene rings is 1. The molecule has 0 aliphatic heterocycles. The summed E-state index contributed by atoms with van der Waals surface area (Å²) in [6.45, 7) is 2.53. The van der Waals surface area contributed by atoms with E-state index in [1.807, 2.05) is 13.0 Å². The van der Waals surface area contributed by atoms with E-state index in [-0.39, 0.29) is 11.7 Å². The van der Waals surface area contributed by atoms with Crippen LogP contribution < -0.4 is 10.1 Å². The van der Waals surface area contributed by atoms with Gasteiger partial charge in [-0.2, -0.15) is 0 Å². The molecule has 16 heavy (non-hydrogen) atoms. The molecule has 1 amide bonds. The third-order valence-electron chi connectivity index (χ3n) is 2.26. The summed E-state index contributed by atoms with van der Waals surface area (Å²) >= 11 is 0. The first-order valence-electron chi connectivity index (χ1n) is 5.30. The number of nitrogens with one attached hydrogen (secondary N) is 1. The maximum Gasteiger partial charge on any atom is 0.220 e. The van der Waals surface area contributed by atoms with Crippen LogP contribution in [0.5, 0.6) is 11.5 Å². The molecule has 0 heterocycles. The second kappa shape index (κ2) is 6.00. The molecule has 0 aromatic heterocycles. The summed E-state index contributed by atoms with van der Waals surface area (Å²) in [4.78, 5) is 11.2. The maximum atomic E-state index is 11.2. The molecular weight excluding hydrogens is 206 g/mol. The number of hydrogen-bond acceptors (Lipinski definition) is 3. The molecule has 0 aliphatic rings. The molecule has 0 spiro atoms. The SMILES string of the molecule is CCNC(=O)CCc1ccc(OC)c(O)c1. The number of methoxy groups -OCH3 is 1. The Morgan fingerprint density at radius 1 is 1.50 bits per heavy atom. The number of aryl methyl sites for hydroxylation is 1. The number of ether oxygens (including phenoxy) is 1. The van der Waals surface area contributed by atoms with E-state index in [0.29, 0.717) is 25.1 Å². The molecule has 0 aliphatic carbocycles. The Hall–Kier alpha value is -1.71. The Morgan fingerprint density at radius 3 is 2.81 bits per heavy atom. The molecule has 4 nitrogen and oxygen atoms in total. The highest BCUT2D eigenvalue weighted by molar-refractivity contribution is 5.76. The lowest BCUT2D eigenvalue weighted by atomic mass is 10.1. The van der Waals surface area contributed by atoms with Crippen molar-refractivity contribution in [2.75, 3.05) is 13.7 Å². The lowest BCUT2D eigenvalue weighted by Crippen LogP contribution is -2.22. The van der Waals surface area contributed by atoms with Gasteiger partial charge >= 0.3 is 0 Å². The second-order valence-electron chi connectivity index (χ2n) is 3.46. The number of hydrogen-bond donors (Lipinski definition) is 2. The van der Waals surface area contributed by atoms with Gasteiger partial charge in [0.25, 0.3) is 0 Å². The molecule has 88 valence electrons. The minimum Gasteiger partial charge on any atom is -0.504 e. The van der Waals surface area contributed by atoms with E-state index in [1.54, 1.807) is 12.1 Å². The zero-order valence-corrected chi connectivity index (χ0v) is 9.62. The highest BCUT2D eigenvalue weighted by Gasteiger charge is 2.04. The van der Waals surface area contributed by atoms with Crippen LogP contribution in [-0.2, 0) is 11.2 Å². The van der Waals surface area contributed by atoms with Crippen LogP contribution in [0, 0.1) is 0 Å². The summed E-state index contributed by atoms with van der Waals surface area (Å²) in [5.74, 6) is 0.579. The van der Waals surface area contributed by atoms with Gasteiger partial charge in [0.2, 0.25) is 5.91 Å². The van der Waals surface area contributed by atoms with Gasteiger partial charge in [-0.15, -0.1) is 0 Å². The Bertz CT molecular complexity index is 363. The normalized spacial score (nSPS) is 9.88. The highest BCUT2D eigenvalue weighted by atomic mass is 16.5. The second-order valence-corrected chi connectivity index (χ2v) is 3.46. The predicted molar refractivity (Wildman–Crippen MR) is 61.7 cm³/mol. The smallest absolute Gasteiger partial charge is 0.220 e. The molecular formula is C12H17NO3. The van der Waals surface area contributed by atoms with E-state index < -0.39 is 0 Å². The topological polar surface area (TPSA) is 58.6 Å². The van der Waals surface area contributed by atoms with E-state index in [2.05, 4.69) is 5.32 Å². The van der Waals surface area contributed by atoms with Crippen molar-refractivity contribution in [1.29, 1.82) is 0 Å². The third kappa shape index (κ3) is 3.46. The molecule has 1 aromatic carbocycles. The molecule has 4 heteroatoms. The first-order valence-corrected chi connectivity index (χ1v) is 5.30. The fourth-order valence-electron chi connectivity index (χ4n) is 1.43. The Labute approximate surface area is 95.2 Å². The Kier molecular flexibility index (Phi) is 4.64. The number of rotatable bonds is 5. The van der Waals surface area contributed by atoms with Gasteiger partial charge in [0.15, 0.2) is 11.5 Å². The van der Waals surface area contributed by atoms with Crippen LogP contribution >= 0.6 is 0 Å². The fourth-order valence-corrected chi connectivity index (χ4v) is 1.43. The minimum absolute atomic E-state index is 0.0257. The summed E-state index contributed by atoms with van der Waals surface area (Å²) < 4.78 is 4.93. The number of carbonyl (C=O) groups is 1. The van der Waals surface area contributed by atoms with Crippen molar-refractivity contribution in [3.05, 3.63) is 23.8 Å². The van der Waals surface area contributed by atoms with Gasteiger partial charge in [-0.3, -0.25) is 4.79 Å². The lowest BCUT2D eigenvalue weighted by molar-refractivity contribution is -0.120. The van der Waals surface area contributed by atoms with Gasteiger partial charge in [-0.1, -0.05) is 6.07 Å². The van der Waals surface area contributed by atoms with E-state index in [0.717, 1.165) is 5.56 Å². The van der Waals surface area contributed by atoms with Crippen molar-refractivity contribution < 1.29 is 14.6 Å². The van der Waals surface area contributed by atoms with Crippen LogP contribution in [0.1, 0.15) is 18.9 Å². The number of amides is 1. The van der Waals surface area contributed by atoms with Crippen molar-refractivity contribution >= 4 is 5.91 Å². The van der Waals surface area contributed by atoms with Crippen LogP contribution in [0.3, 0.4) is 0 Å². The quantitative estimate of drug-likeness (QED) is 0.794. The Morgan fingerprint density at radius 2 is 2.25 bits per heavy atom. The van der Waals surface area contributed by atoms with Gasteiger partial charge in [0.1, 0.15) is 0 Å². The van der Waals surface area contributed by atoms with Gasteiger partial charge in [-0.05, 0) is 31.0 Å². The van der Waals surface area contributed by atoms with Crippen molar-refractivity contribution in [3.8, 4) is 11.5 Å². The predicted octanol–water partition coefficient (Wildman–Crippen LogP) is 1.47. The fraction of sp³-hybridized carbons (Fsp3) is 0.417. The summed E-state index contributed by atoms with van der Waals surface area (Å²) in [7, 11) is 1.50. The molecule has 0 fully saturated rings. The largest absolute Gasteiger partial charge is 0.504 e. The maximum absolute atomic E-state index is 11.2. The number of phenols is 1. The molecule has 0 atom stereocenters. The molecule has 0 saturated carbocycles. The van der Waals surface area contributed by atoms with Crippen molar-refractivity contribution in [2.24, 2.45) is 0 Å². The molecule has 0 bridgehead atoms. The summed E-state index contributed by atoms with van der Waals surface area (Å²) in [5.41, 5.74) is 0.921. The van der Waals surface area contributed by atoms with Gasteiger partial charge in [-0.25, -0.2) is 0 Å². The first-order chi connectivity index (χ1) is 7.67. The van der Waals surface area contributed by atoms with Crippen LogP contribution in [0.15, 0.2) is 18.2 Å². The summed E-state index contributed by atoms with van der Waals surface area (Å²) in [6, 6.07) is 5.16. The summed E-state index contributed by atoms with van der Waals surface area (Å²) in [6.07, 6.45) is 1.04. The van der Waals surface area contributed by atoms with Crippen LogP contribution in [0.2, 0.25) is 0 Å². The Balaban J connectivity index is 2.55. The van der Waals surface area contributed by atoms with Gasteiger partial charge in [0, 0.05) is 13.0 Å². The number of carbonyl (C=O) groups excluding carboxylic acids is 1. The van der Waals surface area contributed by atoms with Gasteiger partial charge in [0.05, 0.1) is 7.11 Å². The zero-order valence-electron chi connectivity index (χ0n) is 9.62. The monoisotopic (exact) mass is 223 g/mol. The zero-order chi connectivity index (χ0) is 12.0. The standard InChI is InChI=1S/C12H17NO3/c1-3-13-12(15)7-5-9-4-6-11(16-2)10(14)8-9/h4,6,8,14H,3,5,7H2,1-2H3,(H,13,15). The van der Waals surface area contributed by atoms with Crippen LogP contribution in [-0.4, -0.2) is 24.7 Å². The summed E-state index contributed by atoms with van der Waals surface area (Å²) in [5, 5.41) is 12.3. The van der Waals surface area contributed by atoms with Crippen LogP contribution in [0.4, 0.5) is 0 Å². The van der Waals surface area contributed by atoms with Gasteiger partial charge < -0.3 is 15.2 Å². The number of phenolic OH excluding ortho intramolecular Hbond substituents is 1. The third-order valence-corrected chi connectivity index (χ3v) is 2.26. The van der Waals surface area contributed by atoms with Crippen LogP contribution in [0.25, 0.3) is 0 Å². The average molecular weight is 223 g/mol. The van der Waals surface area contributed by atoms with E-state index >= 15 is 0 Å². The minimum atomic E-state index is 0.0257. The number of aromatic hydroxyl groups is 1. The van der Waals surface area contributed by atoms with Crippen molar-refractivity contribution in [1.82, 2.24) is 5.32 Å². The van der Waals surface area contributed by atoms with E-state index in [9.17, 15) is 9.90 Å². The van der Waals surface area contributed by atoms with E-state index in [4.69, 9.17) is 4.74 Å². The molecule has 0 saturated heterocycles. The lowest BCUT2D eigenvalue weighted by Gasteiger charge is -2.06. The molecule has 0 unspecified atom stereocenters. The molecule has 0 radical (unpaired) electrons.